The minimum absolute atomic E-state index is 0.161. The summed E-state index contributed by atoms with van der Waals surface area (Å²) in [7, 11) is 0. The fraction of sp³-hybridized carbons (Fsp3) is 0.312. The Morgan fingerprint density at radius 2 is 1.89 bits per heavy atom. The fourth-order valence-electron chi connectivity index (χ4n) is 2.39. The van der Waals surface area contributed by atoms with Crippen LogP contribution in [0.3, 0.4) is 0 Å². The lowest BCUT2D eigenvalue weighted by Crippen LogP contribution is -2.31. The number of halogens is 2. The summed E-state index contributed by atoms with van der Waals surface area (Å²) in [5.74, 6) is -1.34. The van der Waals surface area contributed by atoms with E-state index in [-0.39, 0.29) is 23.6 Å². The smallest absolute Gasteiger partial charge is 0.328 e. The minimum atomic E-state index is -1.11. The molecule has 0 aliphatic heterocycles. The summed E-state index contributed by atoms with van der Waals surface area (Å²) in [4.78, 5) is 34.6. The molecule has 1 N–H and O–H groups in total. The van der Waals surface area contributed by atoms with E-state index in [0.29, 0.717) is 15.7 Å². The van der Waals surface area contributed by atoms with Gasteiger partial charge in [0.05, 0.1) is 4.92 Å². The highest BCUT2D eigenvalue weighted by Crippen LogP contribution is 2.23. The molecule has 0 bridgehead atoms. The first-order valence-electron chi connectivity index (χ1n) is 7.73. The van der Waals surface area contributed by atoms with Crippen molar-refractivity contribution in [1.29, 1.82) is 0 Å². The van der Waals surface area contributed by atoms with E-state index in [9.17, 15) is 19.7 Å². The second kappa shape index (κ2) is 8.36. The molecule has 1 amide bonds. The molecular formula is C16H16Cl2N4O5. The third kappa shape index (κ3) is 5.18. The first kappa shape index (κ1) is 20.7. The number of amides is 1. The van der Waals surface area contributed by atoms with E-state index in [1.165, 1.54) is 39.0 Å². The molecule has 0 saturated carbocycles. The normalized spacial score (nSPS) is 11.7. The van der Waals surface area contributed by atoms with E-state index in [1.54, 1.807) is 0 Å². The number of hydrogen-bond acceptors (Lipinski definition) is 6. The predicted octanol–water partition coefficient (Wildman–Crippen LogP) is 3.29. The molecule has 1 heterocycles. The Hall–Kier alpha value is -2.65. The van der Waals surface area contributed by atoms with Crippen LogP contribution in [0.25, 0.3) is 0 Å². The largest absolute Gasteiger partial charge is 0.451 e. The van der Waals surface area contributed by atoms with Crippen LogP contribution in [-0.4, -0.2) is 32.7 Å². The van der Waals surface area contributed by atoms with Gasteiger partial charge < -0.3 is 10.1 Å². The maximum atomic E-state index is 12.2. The van der Waals surface area contributed by atoms with Gasteiger partial charge in [-0.2, -0.15) is 5.10 Å². The van der Waals surface area contributed by atoms with E-state index in [4.69, 9.17) is 27.9 Å². The second-order valence-electron chi connectivity index (χ2n) is 5.71. The molecule has 27 heavy (non-hydrogen) atoms. The zero-order valence-electron chi connectivity index (χ0n) is 14.7. The van der Waals surface area contributed by atoms with Gasteiger partial charge in [0.25, 0.3) is 5.91 Å². The van der Waals surface area contributed by atoms with Gasteiger partial charge in [0.15, 0.2) is 6.10 Å². The summed E-state index contributed by atoms with van der Waals surface area (Å²) < 4.78 is 6.23. The summed E-state index contributed by atoms with van der Waals surface area (Å²) in [5, 5.41) is 18.2. The minimum Gasteiger partial charge on any atom is -0.451 e. The molecule has 0 unspecified atom stereocenters. The number of aryl methyl sites for hydroxylation is 1. The Bertz CT molecular complexity index is 892. The van der Waals surface area contributed by atoms with Crippen molar-refractivity contribution in [2.24, 2.45) is 0 Å². The van der Waals surface area contributed by atoms with Crippen LogP contribution in [0.2, 0.25) is 10.0 Å². The number of rotatable bonds is 6. The predicted molar refractivity (Wildman–Crippen MR) is 99.0 cm³/mol. The zero-order chi connectivity index (χ0) is 20.3. The SMILES string of the molecule is Cc1nn(CC(=O)O[C@@H](C)C(=O)Nc2cc(Cl)cc(Cl)c2)c(C)c1[N+](=O)[O-]. The number of nitrogens with one attached hydrogen (secondary N) is 1. The molecule has 0 saturated heterocycles. The van der Waals surface area contributed by atoms with Crippen molar-refractivity contribution in [3.8, 4) is 0 Å². The second-order valence-corrected chi connectivity index (χ2v) is 6.59. The third-order valence-electron chi connectivity index (χ3n) is 3.61. The Morgan fingerprint density at radius 1 is 1.30 bits per heavy atom. The number of anilines is 1. The maximum Gasteiger partial charge on any atom is 0.328 e. The van der Waals surface area contributed by atoms with Crippen molar-refractivity contribution in [2.75, 3.05) is 5.32 Å². The number of ether oxygens (including phenoxy) is 1. The summed E-state index contributed by atoms with van der Waals surface area (Å²) in [5.41, 5.74) is 0.607. The van der Waals surface area contributed by atoms with Crippen LogP contribution in [0.1, 0.15) is 18.3 Å². The van der Waals surface area contributed by atoms with Crippen LogP contribution >= 0.6 is 23.2 Å². The Morgan fingerprint density at radius 3 is 2.41 bits per heavy atom. The molecular weight excluding hydrogens is 399 g/mol. The molecule has 0 spiro atoms. The molecule has 0 fully saturated rings. The van der Waals surface area contributed by atoms with Gasteiger partial charge >= 0.3 is 11.7 Å². The number of aromatic nitrogens is 2. The molecule has 1 atom stereocenters. The molecule has 11 heteroatoms. The molecule has 1 aromatic carbocycles. The standard InChI is InChI=1S/C16H16Cl2N4O5/c1-8-15(22(25)26)9(2)21(20-8)7-14(23)27-10(3)16(24)19-13-5-11(17)4-12(18)6-13/h4-6,10H,7H2,1-3H3,(H,19,24)/t10-/m0/s1. The number of carbonyl (C=O) groups excluding carboxylic acids is 2. The topological polar surface area (TPSA) is 116 Å². The Kier molecular flexibility index (Phi) is 6.40. The molecule has 2 rings (SSSR count). The molecule has 0 radical (unpaired) electrons. The van der Waals surface area contributed by atoms with Crippen molar-refractivity contribution in [3.05, 3.63) is 49.7 Å². The van der Waals surface area contributed by atoms with Crippen LogP contribution < -0.4 is 5.32 Å². The van der Waals surface area contributed by atoms with Gasteiger partial charge in [-0.25, -0.2) is 0 Å². The molecule has 2 aromatic rings. The highest BCUT2D eigenvalue weighted by atomic mass is 35.5. The molecule has 0 aliphatic rings. The van der Waals surface area contributed by atoms with E-state index in [2.05, 4.69) is 10.4 Å². The molecule has 0 aliphatic carbocycles. The molecule has 9 nitrogen and oxygen atoms in total. The van der Waals surface area contributed by atoms with Crippen LogP contribution in [-0.2, 0) is 20.9 Å². The van der Waals surface area contributed by atoms with Gasteiger partial charge in [0.1, 0.15) is 17.9 Å². The van der Waals surface area contributed by atoms with Gasteiger partial charge in [0.2, 0.25) is 0 Å². The lowest BCUT2D eigenvalue weighted by atomic mass is 10.3. The first-order chi connectivity index (χ1) is 12.6. The number of nitro groups is 1. The van der Waals surface area contributed by atoms with E-state index >= 15 is 0 Å². The average Bonchev–Trinajstić information content (AvgIpc) is 2.79. The summed E-state index contributed by atoms with van der Waals surface area (Å²) in [6, 6.07) is 4.50. The highest BCUT2D eigenvalue weighted by Gasteiger charge is 2.24. The van der Waals surface area contributed by atoms with Gasteiger partial charge in [-0.15, -0.1) is 0 Å². The van der Waals surface area contributed by atoms with E-state index < -0.39 is 22.9 Å². The lowest BCUT2D eigenvalue weighted by Gasteiger charge is -2.14. The number of nitrogens with zero attached hydrogens (tertiary/aromatic N) is 3. The molecule has 1 aromatic heterocycles. The lowest BCUT2D eigenvalue weighted by molar-refractivity contribution is -0.386. The third-order valence-corrected chi connectivity index (χ3v) is 4.05. The Labute approximate surface area is 164 Å². The van der Waals surface area contributed by atoms with E-state index in [1.807, 2.05) is 0 Å². The van der Waals surface area contributed by atoms with Crippen molar-refractivity contribution in [1.82, 2.24) is 9.78 Å². The van der Waals surface area contributed by atoms with Gasteiger partial charge in [-0.3, -0.25) is 24.4 Å². The van der Waals surface area contributed by atoms with Gasteiger partial charge in [0, 0.05) is 15.7 Å². The van der Waals surface area contributed by atoms with Gasteiger partial charge in [-0.1, -0.05) is 23.2 Å². The number of benzene rings is 1. The zero-order valence-corrected chi connectivity index (χ0v) is 16.2. The Balaban J connectivity index is 2.00. The average molecular weight is 415 g/mol. The maximum absolute atomic E-state index is 12.2. The summed E-state index contributed by atoms with van der Waals surface area (Å²) in [6.45, 7) is 3.98. The molecule has 144 valence electrons. The number of hydrogen-bond donors (Lipinski definition) is 1. The van der Waals surface area contributed by atoms with Crippen molar-refractivity contribution in [3.63, 3.8) is 0 Å². The number of carbonyl (C=O) groups is 2. The van der Waals surface area contributed by atoms with Crippen LogP contribution in [0.15, 0.2) is 18.2 Å². The fourth-order valence-corrected chi connectivity index (χ4v) is 2.91. The van der Waals surface area contributed by atoms with Crippen molar-refractivity contribution >= 4 is 46.5 Å². The highest BCUT2D eigenvalue weighted by molar-refractivity contribution is 6.35. The number of esters is 1. The van der Waals surface area contributed by atoms with E-state index in [0.717, 1.165) is 4.68 Å². The quantitative estimate of drug-likeness (QED) is 0.440. The monoisotopic (exact) mass is 414 g/mol. The first-order valence-corrected chi connectivity index (χ1v) is 8.49. The van der Waals surface area contributed by atoms with Crippen LogP contribution in [0.4, 0.5) is 11.4 Å². The summed E-state index contributed by atoms with van der Waals surface area (Å²) in [6.07, 6.45) is -1.11. The van der Waals surface area contributed by atoms with Crippen LogP contribution in [0.5, 0.6) is 0 Å². The van der Waals surface area contributed by atoms with Crippen molar-refractivity contribution in [2.45, 2.75) is 33.4 Å². The van der Waals surface area contributed by atoms with Gasteiger partial charge in [-0.05, 0) is 39.0 Å². The van der Waals surface area contributed by atoms with Crippen LogP contribution in [0, 0.1) is 24.0 Å². The van der Waals surface area contributed by atoms with Crippen molar-refractivity contribution < 1.29 is 19.2 Å². The summed E-state index contributed by atoms with van der Waals surface area (Å²) >= 11 is 11.7.